The number of nitrogens with zero attached hydrogens (tertiary/aromatic N) is 5. The molecule has 1 aliphatic heterocycles. The lowest BCUT2D eigenvalue weighted by atomic mass is 10.0. The maximum Gasteiger partial charge on any atom is 0.255 e. The summed E-state index contributed by atoms with van der Waals surface area (Å²) in [6, 6.07) is 3.56. The van der Waals surface area contributed by atoms with E-state index in [-0.39, 0.29) is 18.4 Å². The van der Waals surface area contributed by atoms with Gasteiger partial charge in [0, 0.05) is 45.7 Å². The monoisotopic (exact) mass is 371 g/mol. The summed E-state index contributed by atoms with van der Waals surface area (Å²) in [5, 5.41) is 0. The van der Waals surface area contributed by atoms with Gasteiger partial charge in [0.05, 0.1) is 18.7 Å². The van der Waals surface area contributed by atoms with E-state index in [1.165, 1.54) is 4.90 Å². The molecular formula is C19H25N5O3. The van der Waals surface area contributed by atoms with Gasteiger partial charge in [-0.1, -0.05) is 6.92 Å². The van der Waals surface area contributed by atoms with Crippen molar-refractivity contribution in [1.29, 1.82) is 0 Å². The minimum atomic E-state index is -1.03. The van der Waals surface area contributed by atoms with Crippen molar-refractivity contribution in [3.05, 3.63) is 42.1 Å². The average Bonchev–Trinajstić information content (AvgIpc) is 3.15. The molecule has 1 saturated heterocycles. The first-order chi connectivity index (χ1) is 12.9. The molecule has 27 heavy (non-hydrogen) atoms. The number of aryl methyl sites for hydroxylation is 1. The molecule has 1 aliphatic rings. The average molecular weight is 371 g/mol. The van der Waals surface area contributed by atoms with Gasteiger partial charge in [0.15, 0.2) is 5.60 Å². The van der Waals surface area contributed by atoms with Crippen molar-refractivity contribution >= 4 is 11.8 Å². The van der Waals surface area contributed by atoms with Crippen LogP contribution in [0.2, 0.25) is 0 Å². The molecule has 8 heteroatoms. The fourth-order valence-corrected chi connectivity index (χ4v) is 3.29. The van der Waals surface area contributed by atoms with E-state index >= 15 is 0 Å². The minimum absolute atomic E-state index is 0.152. The molecule has 0 bridgehead atoms. The molecule has 0 aromatic carbocycles. The normalized spacial score (nSPS) is 19.8. The maximum absolute atomic E-state index is 12.9. The topological polar surface area (TPSA) is 80.6 Å². The van der Waals surface area contributed by atoms with Crippen LogP contribution in [0.25, 0.3) is 5.82 Å². The third-order valence-electron chi connectivity index (χ3n) is 4.70. The van der Waals surface area contributed by atoms with E-state index in [4.69, 9.17) is 4.74 Å². The molecule has 0 saturated carbocycles. The van der Waals surface area contributed by atoms with Crippen molar-refractivity contribution in [3.63, 3.8) is 0 Å². The molecule has 0 N–H and O–H groups in total. The van der Waals surface area contributed by atoms with E-state index in [0.29, 0.717) is 18.7 Å². The molecule has 0 aliphatic carbocycles. The summed E-state index contributed by atoms with van der Waals surface area (Å²) in [5.41, 5.74) is -0.545. The largest absolute Gasteiger partial charge is 0.362 e. The van der Waals surface area contributed by atoms with E-state index in [0.717, 1.165) is 18.1 Å². The molecule has 0 spiro atoms. The van der Waals surface area contributed by atoms with Gasteiger partial charge in [-0.25, -0.2) is 9.97 Å². The van der Waals surface area contributed by atoms with Crippen LogP contribution in [-0.2, 0) is 16.0 Å². The number of hydrogen-bond donors (Lipinski definition) is 0. The summed E-state index contributed by atoms with van der Waals surface area (Å²) in [7, 11) is 3.36. The van der Waals surface area contributed by atoms with Gasteiger partial charge in [0.2, 0.25) is 0 Å². The summed E-state index contributed by atoms with van der Waals surface area (Å²) in [5.74, 6) is 1.32. The number of carbonyl (C=O) groups is 2. The Labute approximate surface area is 158 Å². The molecule has 2 aromatic heterocycles. The van der Waals surface area contributed by atoms with Crippen LogP contribution in [0.1, 0.15) is 30.0 Å². The zero-order valence-electron chi connectivity index (χ0n) is 16.2. The van der Waals surface area contributed by atoms with Crippen LogP contribution in [0.3, 0.4) is 0 Å². The molecular weight excluding hydrogens is 346 g/mol. The smallest absolute Gasteiger partial charge is 0.255 e. The lowest BCUT2D eigenvalue weighted by molar-refractivity contribution is -0.162. The van der Waals surface area contributed by atoms with Crippen molar-refractivity contribution in [2.24, 2.45) is 0 Å². The molecule has 144 valence electrons. The Kier molecular flexibility index (Phi) is 5.27. The Bertz CT molecular complexity index is 830. The lowest BCUT2D eigenvalue weighted by Gasteiger charge is -2.40. The van der Waals surface area contributed by atoms with E-state index in [2.05, 4.69) is 9.97 Å². The Morgan fingerprint density at radius 1 is 1.30 bits per heavy atom. The van der Waals surface area contributed by atoms with Gasteiger partial charge in [-0.3, -0.25) is 14.2 Å². The fourth-order valence-electron chi connectivity index (χ4n) is 3.29. The molecule has 8 nitrogen and oxygen atoms in total. The number of ether oxygens (including phenoxy) is 1. The highest BCUT2D eigenvalue weighted by atomic mass is 16.5. The predicted molar refractivity (Wildman–Crippen MR) is 99.7 cm³/mol. The summed E-state index contributed by atoms with van der Waals surface area (Å²) >= 11 is 0. The third kappa shape index (κ3) is 3.71. The van der Waals surface area contributed by atoms with Gasteiger partial charge < -0.3 is 14.5 Å². The Morgan fingerprint density at radius 3 is 2.70 bits per heavy atom. The first-order valence-corrected chi connectivity index (χ1v) is 8.99. The van der Waals surface area contributed by atoms with Crippen LogP contribution in [0.15, 0.2) is 30.7 Å². The van der Waals surface area contributed by atoms with E-state index < -0.39 is 5.60 Å². The number of amides is 2. The number of morpholine rings is 1. The lowest BCUT2D eigenvalue weighted by Crippen LogP contribution is -2.59. The SMILES string of the molecule is CCc1nccn1-c1ccc(C(=O)N2CCO[C@@](C)(C(=O)N(C)C)C2)cn1. The zero-order chi connectivity index (χ0) is 19.6. The Balaban J connectivity index is 1.77. The first-order valence-electron chi connectivity index (χ1n) is 8.99. The molecule has 2 amide bonds. The summed E-state index contributed by atoms with van der Waals surface area (Å²) in [6.07, 6.45) is 5.94. The maximum atomic E-state index is 12.9. The van der Waals surface area contributed by atoms with Gasteiger partial charge in [0.1, 0.15) is 11.6 Å². The molecule has 0 unspecified atom stereocenters. The van der Waals surface area contributed by atoms with Crippen LogP contribution in [0, 0.1) is 0 Å². The van der Waals surface area contributed by atoms with Crippen molar-refractivity contribution in [1.82, 2.24) is 24.3 Å². The molecule has 1 atom stereocenters. The number of likely N-dealkylation sites (N-methyl/N-ethyl adjacent to an activating group) is 1. The molecule has 0 radical (unpaired) electrons. The summed E-state index contributed by atoms with van der Waals surface area (Å²) < 4.78 is 7.59. The van der Waals surface area contributed by atoms with E-state index in [1.54, 1.807) is 50.4 Å². The van der Waals surface area contributed by atoms with Crippen LogP contribution < -0.4 is 0 Å². The standard InChI is InChI=1S/C19H25N5O3/c1-5-15-20-8-9-24(15)16-7-6-14(12-21-16)17(25)23-10-11-27-19(2,13-23)18(26)22(3)4/h6-9,12H,5,10-11,13H2,1-4H3/t19-/m1/s1. The van der Waals surface area contributed by atoms with E-state index in [1.807, 2.05) is 17.7 Å². The number of pyridine rings is 1. The van der Waals surface area contributed by atoms with Crippen molar-refractivity contribution in [2.75, 3.05) is 33.8 Å². The minimum Gasteiger partial charge on any atom is -0.362 e. The van der Waals surface area contributed by atoms with Crippen molar-refractivity contribution in [3.8, 4) is 5.82 Å². The summed E-state index contributed by atoms with van der Waals surface area (Å²) in [6.45, 7) is 4.73. The number of rotatable bonds is 4. The zero-order valence-corrected chi connectivity index (χ0v) is 16.2. The third-order valence-corrected chi connectivity index (χ3v) is 4.70. The van der Waals surface area contributed by atoms with Crippen LogP contribution in [-0.4, -0.2) is 75.5 Å². The number of hydrogen-bond acceptors (Lipinski definition) is 5. The van der Waals surface area contributed by atoms with Crippen LogP contribution in [0.5, 0.6) is 0 Å². The van der Waals surface area contributed by atoms with Gasteiger partial charge >= 0.3 is 0 Å². The van der Waals surface area contributed by atoms with Crippen molar-refractivity contribution in [2.45, 2.75) is 25.9 Å². The second kappa shape index (κ2) is 7.48. The fraction of sp³-hybridized carbons (Fsp3) is 0.474. The Hall–Kier alpha value is -2.74. The number of carbonyl (C=O) groups excluding carboxylic acids is 2. The van der Waals surface area contributed by atoms with Crippen LogP contribution in [0.4, 0.5) is 0 Å². The highest BCUT2D eigenvalue weighted by Gasteiger charge is 2.41. The second-order valence-corrected chi connectivity index (χ2v) is 6.98. The highest BCUT2D eigenvalue weighted by Crippen LogP contribution is 2.21. The number of aromatic nitrogens is 3. The molecule has 3 heterocycles. The molecule has 1 fully saturated rings. The predicted octanol–water partition coefficient (Wildman–Crippen LogP) is 1.15. The Morgan fingerprint density at radius 2 is 2.07 bits per heavy atom. The first kappa shape index (κ1) is 19.0. The highest BCUT2D eigenvalue weighted by molar-refractivity contribution is 5.95. The van der Waals surface area contributed by atoms with Crippen molar-refractivity contribution < 1.29 is 14.3 Å². The van der Waals surface area contributed by atoms with Gasteiger partial charge in [-0.05, 0) is 19.1 Å². The quantitative estimate of drug-likeness (QED) is 0.805. The van der Waals surface area contributed by atoms with Gasteiger partial charge in [0.25, 0.3) is 11.8 Å². The molecule has 3 rings (SSSR count). The van der Waals surface area contributed by atoms with Crippen LogP contribution >= 0.6 is 0 Å². The van der Waals surface area contributed by atoms with E-state index in [9.17, 15) is 9.59 Å². The van der Waals surface area contributed by atoms with Gasteiger partial charge in [-0.2, -0.15) is 0 Å². The molecule has 2 aromatic rings. The second-order valence-electron chi connectivity index (χ2n) is 6.98. The summed E-state index contributed by atoms with van der Waals surface area (Å²) in [4.78, 5) is 37.1. The van der Waals surface area contributed by atoms with Gasteiger partial charge in [-0.15, -0.1) is 0 Å². The number of imidazole rings is 1.